The first-order valence-electron chi connectivity index (χ1n) is 5.85. The average molecular weight is 300 g/mol. The number of nitrogens with zero attached hydrogens (tertiary/aromatic N) is 1. The molecule has 4 N–H and O–H groups in total. The van der Waals surface area contributed by atoms with Crippen LogP contribution in [0.15, 0.2) is 22.7 Å². The first-order chi connectivity index (χ1) is 9.08. The molecule has 0 aliphatic carbocycles. The summed E-state index contributed by atoms with van der Waals surface area (Å²) in [6, 6.07) is 2.01. The van der Waals surface area contributed by atoms with Gasteiger partial charge in [-0.05, 0) is 23.4 Å². The fourth-order valence-electron chi connectivity index (χ4n) is 1.75. The van der Waals surface area contributed by atoms with Gasteiger partial charge >= 0.3 is 0 Å². The molecule has 0 radical (unpaired) electrons. The summed E-state index contributed by atoms with van der Waals surface area (Å²) in [6.45, 7) is 2.46. The van der Waals surface area contributed by atoms with E-state index in [0.29, 0.717) is 5.56 Å². The van der Waals surface area contributed by atoms with Gasteiger partial charge in [-0.15, -0.1) is 11.3 Å². The standard InChI is InChI=1S/C11H16N4O2S2/c1-2-8-3-4-18-10(8)7-14-19(16,17)11-9(5-12)6-13-15-11/h3-4,6,14H,2,5,7,12H2,1H3,(H,13,15). The van der Waals surface area contributed by atoms with Crippen molar-refractivity contribution in [1.82, 2.24) is 14.9 Å². The van der Waals surface area contributed by atoms with Crippen LogP contribution in [0.5, 0.6) is 0 Å². The average Bonchev–Trinajstić information content (AvgIpc) is 3.04. The summed E-state index contributed by atoms with van der Waals surface area (Å²) in [5, 5.41) is 8.20. The number of rotatable bonds is 6. The van der Waals surface area contributed by atoms with Crippen molar-refractivity contribution < 1.29 is 8.42 Å². The minimum Gasteiger partial charge on any atom is -0.326 e. The molecule has 2 aromatic heterocycles. The predicted molar refractivity (Wildman–Crippen MR) is 74.2 cm³/mol. The van der Waals surface area contributed by atoms with Crippen LogP contribution in [0.4, 0.5) is 0 Å². The topological polar surface area (TPSA) is 101 Å². The minimum absolute atomic E-state index is 0.0459. The molecule has 104 valence electrons. The van der Waals surface area contributed by atoms with Crippen LogP contribution in [0, 0.1) is 0 Å². The Morgan fingerprint density at radius 3 is 2.95 bits per heavy atom. The van der Waals surface area contributed by atoms with Crippen LogP contribution in [-0.2, 0) is 29.5 Å². The van der Waals surface area contributed by atoms with Crippen LogP contribution in [-0.4, -0.2) is 18.6 Å². The third-order valence-corrected chi connectivity index (χ3v) is 5.19. The lowest BCUT2D eigenvalue weighted by molar-refractivity contribution is 0.576. The molecule has 19 heavy (non-hydrogen) atoms. The fourth-order valence-corrected chi connectivity index (χ4v) is 3.89. The zero-order chi connectivity index (χ0) is 13.9. The molecule has 0 atom stereocenters. The van der Waals surface area contributed by atoms with Crippen LogP contribution in [0.2, 0.25) is 0 Å². The van der Waals surface area contributed by atoms with Crippen LogP contribution in [0.3, 0.4) is 0 Å². The van der Waals surface area contributed by atoms with Gasteiger partial charge in [-0.2, -0.15) is 5.10 Å². The van der Waals surface area contributed by atoms with E-state index in [2.05, 4.69) is 14.9 Å². The number of H-pyrrole nitrogens is 1. The van der Waals surface area contributed by atoms with Crippen molar-refractivity contribution >= 4 is 21.4 Å². The predicted octanol–water partition coefficient (Wildman–Crippen LogP) is 0.971. The molecule has 0 saturated heterocycles. The maximum Gasteiger partial charge on any atom is 0.258 e. The second-order valence-corrected chi connectivity index (χ2v) is 6.68. The number of aromatic amines is 1. The van der Waals surface area contributed by atoms with Crippen LogP contribution in [0.1, 0.15) is 22.9 Å². The van der Waals surface area contributed by atoms with E-state index in [9.17, 15) is 8.42 Å². The van der Waals surface area contributed by atoms with Gasteiger partial charge in [-0.3, -0.25) is 5.10 Å². The van der Waals surface area contributed by atoms with Gasteiger partial charge < -0.3 is 5.73 Å². The molecular formula is C11H16N4O2S2. The van der Waals surface area contributed by atoms with Gasteiger partial charge in [0.15, 0.2) is 5.03 Å². The van der Waals surface area contributed by atoms with Crippen LogP contribution >= 0.6 is 11.3 Å². The van der Waals surface area contributed by atoms with Crippen molar-refractivity contribution in [3.05, 3.63) is 33.6 Å². The molecular weight excluding hydrogens is 284 g/mol. The van der Waals surface area contributed by atoms with Crippen molar-refractivity contribution in [2.75, 3.05) is 0 Å². The molecule has 0 amide bonds. The number of aromatic nitrogens is 2. The highest BCUT2D eigenvalue weighted by molar-refractivity contribution is 7.89. The molecule has 0 saturated carbocycles. The first-order valence-corrected chi connectivity index (χ1v) is 8.22. The summed E-state index contributed by atoms with van der Waals surface area (Å²) >= 11 is 1.54. The molecule has 8 heteroatoms. The highest BCUT2D eigenvalue weighted by Crippen LogP contribution is 2.18. The number of hydrogen-bond acceptors (Lipinski definition) is 5. The Morgan fingerprint density at radius 2 is 2.26 bits per heavy atom. The third kappa shape index (κ3) is 3.03. The zero-order valence-electron chi connectivity index (χ0n) is 10.5. The smallest absolute Gasteiger partial charge is 0.258 e. The third-order valence-electron chi connectivity index (χ3n) is 2.81. The van der Waals surface area contributed by atoms with Gasteiger partial charge in [0.1, 0.15) is 0 Å². The molecule has 2 heterocycles. The maximum atomic E-state index is 12.1. The molecule has 0 spiro atoms. The first kappa shape index (κ1) is 14.2. The van der Waals surface area contributed by atoms with Gasteiger partial charge in [0.2, 0.25) is 0 Å². The number of aryl methyl sites for hydroxylation is 1. The van der Waals surface area contributed by atoms with Crippen LogP contribution in [0.25, 0.3) is 0 Å². The zero-order valence-corrected chi connectivity index (χ0v) is 12.1. The lowest BCUT2D eigenvalue weighted by Crippen LogP contribution is -2.25. The largest absolute Gasteiger partial charge is 0.326 e. The van der Waals surface area contributed by atoms with Crippen molar-refractivity contribution in [2.45, 2.75) is 31.5 Å². The van der Waals surface area contributed by atoms with Gasteiger partial charge in [-0.1, -0.05) is 6.92 Å². The highest BCUT2D eigenvalue weighted by Gasteiger charge is 2.20. The summed E-state index contributed by atoms with van der Waals surface area (Å²) in [5.74, 6) is 0. The summed E-state index contributed by atoms with van der Waals surface area (Å²) in [5.41, 5.74) is 7.12. The summed E-state index contributed by atoms with van der Waals surface area (Å²) in [6.07, 6.45) is 2.32. The van der Waals surface area contributed by atoms with E-state index in [1.54, 1.807) is 11.3 Å². The Morgan fingerprint density at radius 1 is 1.47 bits per heavy atom. The van der Waals surface area contributed by atoms with E-state index in [4.69, 9.17) is 5.73 Å². The monoisotopic (exact) mass is 300 g/mol. The van der Waals surface area contributed by atoms with Crippen LogP contribution < -0.4 is 10.5 Å². The second-order valence-electron chi connectivity index (χ2n) is 3.98. The number of sulfonamides is 1. The van der Waals surface area contributed by atoms with Gasteiger partial charge in [-0.25, -0.2) is 13.1 Å². The van der Waals surface area contributed by atoms with Gasteiger partial charge in [0.05, 0.1) is 6.20 Å². The lowest BCUT2D eigenvalue weighted by atomic mass is 10.2. The Labute approximate surface area is 116 Å². The molecule has 2 aromatic rings. The van der Waals surface area contributed by atoms with E-state index >= 15 is 0 Å². The Balaban J connectivity index is 2.14. The molecule has 0 fully saturated rings. The van der Waals surface area contributed by atoms with Crippen molar-refractivity contribution in [3.63, 3.8) is 0 Å². The minimum atomic E-state index is -3.60. The number of nitrogens with one attached hydrogen (secondary N) is 2. The summed E-state index contributed by atoms with van der Waals surface area (Å²) in [4.78, 5) is 1.03. The lowest BCUT2D eigenvalue weighted by Gasteiger charge is -2.06. The Bertz CT molecular complexity index is 645. The summed E-state index contributed by atoms with van der Waals surface area (Å²) < 4.78 is 26.8. The van der Waals surface area contributed by atoms with E-state index < -0.39 is 10.0 Å². The van der Waals surface area contributed by atoms with E-state index in [1.165, 1.54) is 6.20 Å². The highest BCUT2D eigenvalue weighted by atomic mass is 32.2. The SMILES string of the molecule is CCc1ccsc1CNS(=O)(=O)c1[nH]ncc1CN. The van der Waals surface area contributed by atoms with E-state index in [0.717, 1.165) is 16.9 Å². The second kappa shape index (κ2) is 5.83. The molecule has 0 unspecified atom stereocenters. The molecule has 0 aliphatic heterocycles. The van der Waals surface area contributed by atoms with E-state index in [-0.39, 0.29) is 18.1 Å². The molecule has 2 rings (SSSR count). The van der Waals surface area contributed by atoms with Crippen molar-refractivity contribution in [3.8, 4) is 0 Å². The van der Waals surface area contributed by atoms with E-state index in [1.807, 2.05) is 18.4 Å². The molecule has 6 nitrogen and oxygen atoms in total. The maximum absolute atomic E-state index is 12.1. The summed E-state index contributed by atoms with van der Waals surface area (Å²) in [7, 11) is -3.60. The number of nitrogens with two attached hydrogens (primary N) is 1. The van der Waals surface area contributed by atoms with Gasteiger partial charge in [0, 0.05) is 23.5 Å². The molecule has 0 aromatic carbocycles. The number of hydrogen-bond donors (Lipinski definition) is 3. The number of thiophene rings is 1. The Hall–Kier alpha value is -1.22. The van der Waals surface area contributed by atoms with Crippen molar-refractivity contribution in [1.29, 1.82) is 0 Å². The Kier molecular flexibility index (Phi) is 4.35. The molecule has 0 aliphatic rings. The normalized spacial score (nSPS) is 11.9. The quantitative estimate of drug-likeness (QED) is 0.740. The van der Waals surface area contributed by atoms with Gasteiger partial charge in [0.25, 0.3) is 10.0 Å². The van der Waals surface area contributed by atoms with Crippen molar-refractivity contribution in [2.24, 2.45) is 5.73 Å². The molecule has 0 bridgehead atoms. The fraction of sp³-hybridized carbons (Fsp3) is 0.364.